The van der Waals surface area contributed by atoms with Gasteiger partial charge in [0.25, 0.3) is 0 Å². The van der Waals surface area contributed by atoms with Gasteiger partial charge in [0, 0.05) is 18.0 Å². The third-order valence-corrected chi connectivity index (χ3v) is 4.59. The standard InChI is InChI=1S/C15H20F3NS/c1-14(8-2-3-9-14)11-19-10-12-4-6-13(7-5-12)20-15(16,17)18/h4-7,19H,2-3,8-11H2,1H3. The summed E-state index contributed by atoms with van der Waals surface area (Å²) < 4.78 is 36.6. The predicted molar refractivity (Wildman–Crippen MR) is 76.6 cm³/mol. The monoisotopic (exact) mass is 303 g/mol. The molecule has 20 heavy (non-hydrogen) atoms. The van der Waals surface area contributed by atoms with E-state index in [2.05, 4.69) is 12.2 Å². The number of halogens is 3. The van der Waals surface area contributed by atoms with Crippen LogP contribution in [-0.2, 0) is 6.54 Å². The van der Waals surface area contributed by atoms with Gasteiger partial charge < -0.3 is 5.32 Å². The average molecular weight is 303 g/mol. The summed E-state index contributed by atoms with van der Waals surface area (Å²) in [6.07, 6.45) is 5.14. The number of alkyl halides is 3. The molecule has 1 N–H and O–H groups in total. The fourth-order valence-electron chi connectivity index (χ4n) is 2.72. The van der Waals surface area contributed by atoms with E-state index in [1.54, 1.807) is 12.1 Å². The minimum Gasteiger partial charge on any atom is -0.312 e. The van der Waals surface area contributed by atoms with Crippen LogP contribution in [0.15, 0.2) is 29.2 Å². The van der Waals surface area contributed by atoms with Crippen molar-refractivity contribution in [1.29, 1.82) is 0 Å². The van der Waals surface area contributed by atoms with Gasteiger partial charge in [-0.2, -0.15) is 13.2 Å². The van der Waals surface area contributed by atoms with E-state index in [9.17, 15) is 13.2 Å². The van der Waals surface area contributed by atoms with E-state index in [4.69, 9.17) is 0 Å². The Morgan fingerprint density at radius 3 is 2.30 bits per heavy atom. The van der Waals surface area contributed by atoms with Crippen molar-refractivity contribution in [2.24, 2.45) is 5.41 Å². The number of rotatable bonds is 5. The fraction of sp³-hybridized carbons (Fsp3) is 0.600. The highest BCUT2D eigenvalue weighted by Crippen LogP contribution is 2.37. The first-order valence-electron chi connectivity index (χ1n) is 6.92. The average Bonchev–Trinajstić information content (AvgIpc) is 2.77. The van der Waals surface area contributed by atoms with Crippen LogP contribution in [0.2, 0.25) is 0 Å². The van der Waals surface area contributed by atoms with Gasteiger partial charge in [-0.15, -0.1) is 0 Å². The molecule has 1 nitrogen and oxygen atoms in total. The van der Waals surface area contributed by atoms with Crippen LogP contribution in [0.25, 0.3) is 0 Å². The van der Waals surface area contributed by atoms with Gasteiger partial charge in [0.15, 0.2) is 0 Å². The summed E-state index contributed by atoms with van der Waals surface area (Å²) in [7, 11) is 0. The largest absolute Gasteiger partial charge is 0.446 e. The Bertz CT molecular complexity index is 422. The normalized spacial score (nSPS) is 18.4. The zero-order chi connectivity index (χ0) is 14.6. The van der Waals surface area contributed by atoms with Crippen LogP contribution in [-0.4, -0.2) is 12.1 Å². The van der Waals surface area contributed by atoms with Gasteiger partial charge in [-0.05, 0) is 47.7 Å². The Labute approximate surface area is 122 Å². The molecule has 1 aromatic rings. The lowest BCUT2D eigenvalue weighted by molar-refractivity contribution is -0.0328. The van der Waals surface area contributed by atoms with Crippen LogP contribution >= 0.6 is 11.8 Å². The molecule has 0 amide bonds. The van der Waals surface area contributed by atoms with E-state index in [0.29, 0.717) is 12.0 Å². The molecule has 0 bridgehead atoms. The number of nitrogens with one attached hydrogen (secondary N) is 1. The van der Waals surface area contributed by atoms with Crippen molar-refractivity contribution < 1.29 is 13.2 Å². The van der Waals surface area contributed by atoms with Gasteiger partial charge in [-0.3, -0.25) is 0 Å². The summed E-state index contributed by atoms with van der Waals surface area (Å²) >= 11 is -0.0674. The fourth-order valence-corrected chi connectivity index (χ4v) is 3.26. The Balaban J connectivity index is 1.79. The maximum Gasteiger partial charge on any atom is 0.446 e. The number of benzene rings is 1. The molecule has 112 valence electrons. The quantitative estimate of drug-likeness (QED) is 0.771. The zero-order valence-corrected chi connectivity index (χ0v) is 12.4. The molecule has 0 atom stereocenters. The maximum atomic E-state index is 12.2. The topological polar surface area (TPSA) is 12.0 Å². The summed E-state index contributed by atoms with van der Waals surface area (Å²) in [5.74, 6) is 0. The van der Waals surface area contributed by atoms with Crippen molar-refractivity contribution in [2.45, 2.75) is 49.6 Å². The van der Waals surface area contributed by atoms with Gasteiger partial charge in [0.05, 0.1) is 0 Å². The molecule has 0 spiro atoms. The van der Waals surface area contributed by atoms with Crippen LogP contribution < -0.4 is 5.32 Å². The first kappa shape index (κ1) is 15.7. The van der Waals surface area contributed by atoms with Crippen molar-refractivity contribution in [3.8, 4) is 0 Å². The lowest BCUT2D eigenvalue weighted by atomic mass is 9.89. The first-order valence-corrected chi connectivity index (χ1v) is 7.73. The number of hydrogen-bond donors (Lipinski definition) is 1. The van der Waals surface area contributed by atoms with Crippen LogP contribution in [0.4, 0.5) is 13.2 Å². The highest BCUT2D eigenvalue weighted by Gasteiger charge is 2.29. The molecule has 1 aliphatic rings. The van der Waals surface area contributed by atoms with E-state index in [1.807, 2.05) is 0 Å². The zero-order valence-electron chi connectivity index (χ0n) is 11.6. The highest BCUT2D eigenvalue weighted by molar-refractivity contribution is 8.00. The molecule has 1 fully saturated rings. The first-order chi connectivity index (χ1) is 9.36. The summed E-state index contributed by atoms with van der Waals surface area (Å²) in [4.78, 5) is 0.240. The van der Waals surface area contributed by atoms with Crippen molar-refractivity contribution in [3.63, 3.8) is 0 Å². The second kappa shape index (κ2) is 6.39. The van der Waals surface area contributed by atoms with Gasteiger partial charge in [0.2, 0.25) is 0 Å². The highest BCUT2D eigenvalue weighted by atomic mass is 32.2. The second-order valence-electron chi connectivity index (χ2n) is 5.81. The lowest BCUT2D eigenvalue weighted by Crippen LogP contribution is -2.29. The van der Waals surface area contributed by atoms with Gasteiger partial charge in [0.1, 0.15) is 0 Å². The third kappa shape index (κ3) is 5.02. The Kier molecular flexibility index (Phi) is 5.02. The van der Waals surface area contributed by atoms with Crippen molar-refractivity contribution in [1.82, 2.24) is 5.32 Å². The van der Waals surface area contributed by atoms with E-state index in [0.717, 1.165) is 12.1 Å². The molecular weight excluding hydrogens is 283 g/mol. The molecule has 1 aromatic carbocycles. The molecule has 0 heterocycles. The predicted octanol–water partition coefficient (Wildman–Crippen LogP) is 4.97. The molecule has 0 saturated heterocycles. The Hall–Kier alpha value is -0.680. The van der Waals surface area contributed by atoms with Crippen LogP contribution in [0.5, 0.6) is 0 Å². The van der Waals surface area contributed by atoms with Crippen molar-refractivity contribution >= 4 is 11.8 Å². The molecule has 5 heteroatoms. The Morgan fingerprint density at radius 1 is 1.15 bits per heavy atom. The van der Waals surface area contributed by atoms with Gasteiger partial charge in [-0.25, -0.2) is 0 Å². The maximum absolute atomic E-state index is 12.2. The van der Waals surface area contributed by atoms with Crippen LogP contribution in [0.1, 0.15) is 38.2 Å². The Morgan fingerprint density at radius 2 is 1.75 bits per heavy atom. The number of hydrogen-bond acceptors (Lipinski definition) is 2. The van der Waals surface area contributed by atoms with Gasteiger partial charge >= 0.3 is 5.51 Å². The molecule has 0 unspecified atom stereocenters. The second-order valence-corrected chi connectivity index (χ2v) is 6.95. The molecule has 0 aliphatic heterocycles. The summed E-state index contributed by atoms with van der Waals surface area (Å²) in [6.45, 7) is 3.99. The summed E-state index contributed by atoms with van der Waals surface area (Å²) in [5.41, 5.74) is -2.79. The van der Waals surface area contributed by atoms with Crippen LogP contribution in [0.3, 0.4) is 0 Å². The lowest BCUT2D eigenvalue weighted by Gasteiger charge is -2.23. The number of thioether (sulfide) groups is 1. The molecule has 1 aliphatic carbocycles. The summed E-state index contributed by atoms with van der Waals surface area (Å²) in [5, 5.41) is 3.42. The van der Waals surface area contributed by atoms with E-state index >= 15 is 0 Å². The molecule has 0 radical (unpaired) electrons. The molecular formula is C15H20F3NS. The SMILES string of the molecule is CC1(CNCc2ccc(SC(F)(F)F)cc2)CCCC1. The molecule has 2 rings (SSSR count). The van der Waals surface area contributed by atoms with E-state index in [1.165, 1.54) is 37.8 Å². The minimum absolute atomic E-state index is 0.0674. The molecule has 0 aromatic heterocycles. The van der Waals surface area contributed by atoms with E-state index in [-0.39, 0.29) is 16.7 Å². The summed E-state index contributed by atoms with van der Waals surface area (Å²) in [6, 6.07) is 6.59. The van der Waals surface area contributed by atoms with Crippen molar-refractivity contribution in [3.05, 3.63) is 29.8 Å². The van der Waals surface area contributed by atoms with Gasteiger partial charge in [-0.1, -0.05) is 31.9 Å². The smallest absolute Gasteiger partial charge is 0.312 e. The third-order valence-electron chi connectivity index (χ3n) is 3.85. The van der Waals surface area contributed by atoms with Crippen LogP contribution in [0, 0.1) is 5.41 Å². The minimum atomic E-state index is -4.21. The van der Waals surface area contributed by atoms with Crippen molar-refractivity contribution in [2.75, 3.05) is 6.54 Å². The molecule has 1 saturated carbocycles. The van der Waals surface area contributed by atoms with E-state index < -0.39 is 5.51 Å².